The van der Waals surface area contributed by atoms with Gasteiger partial charge in [-0.1, -0.05) is 23.7 Å². The summed E-state index contributed by atoms with van der Waals surface area (Å²) in [6, 6.07) is 12.2. The maximum atomic E-state index is 6.03. The first-order chi connectivity index (χ1) is 13.6. The van der Waals surface area contributed by atoms with Gasteiger partial charge in [-0.2, -0.15) is 0 Å². The Labute approximate surface area is 195 Å². The quantitative estimate of drug-likeness (QED) is 0.348. The van der Waals surface area contributed by atoms with Crippen LogP contribution in [0, 0.1) is 6.92 Å². The van der Waals surface area contributed by atoms with Crippen molar-refractivity contribution in [3.8, 4) is 5.75 Å². The van der Waals surface area contributed by atoms with Crippen LogP contribution in [0.3, 0.4) is 0 Å². The van der Waals surface area contributed by atoms with Gasteiger partial charge in [-0.3, -0.25) is 4.99 Å². The monoisotopic (exact) mass is 529 g/mol. The van der Waals surface area contributed by atoms with Gasteiger partial charge in [-0.15, -0.1) is 24.0 Å². The Morgan fingerprint density at radius 1 is 1.28 bits per heavy atom. The number of hydrogen-bond donors (Lipinski definition) is 2. The van der Waals surface area contributed by atoms with E-state index in [4.69, 9.17) is 16.3 Å². The van der Waals surface area contributed by atoms with Gasteiger partial charge in [0.15, 0.2) is 5.96 Å². The first kappa shape index (κ1) is 23.5. The summed E-state index contributed by atoms with van der Waals surface area (Å²) in [6.07, 6.45) is 2.08. The fraction of sp³-hybridized carbons (Fsp3) is 0.429. The molecule has 0 atom stereocenters. The lowest BCUT2D eigenvalue weighted by Crippen LogP contribution is -2.48. The summed E-state index contributed by atoms with van der Waals surface area (Å²) in [7, 11) is 3.44. The van der Waals surface area contributed by atoms with Crippen molar-refractivity contribution in [3.05, 3.63) is 52.7 Å². The van der Waals surface area contributed by atoms with Crippen LogP contribution in [0.25, 0.3) is 0 Å². The second-order valence-corrected chi connectivity index (χ2v) is 7.36. The van der Waals surface area contributed by atoms with Crippen LogP contribution in [0.1, 0.15) is 24.1 Å². The fourth-order valence-corrected chi connectivity index (χ4v) is 3.55. The van der Waals surface area contributed by atoms with Crippen molar-refractivity contribution in [2.75, 3.05) is 32.1 Å². The maximum Gasteiger partial charge on any atom is 0.191 e. The smallest absolute Gasteiger partial charge is 0.191 e. The molecule has 2 heterocycles. The average molecular weight is 530 g/mol. The Kier molecular flexibility index (Phi) is 9.29. The number of hydrogen-bond acceptors (Lipinski definition) is 4. The molecule has 0 aliphatic carbocycles. The summed E-state index contributed by atoms with van der Waals surface area (Å²) in [4.78, 5) is 11.3. The molecule has 1 saturated heterocycles. The van der Waals surface area contributed by atoms with Crippen LogP contribution in [-0.2, 0) is 6.54 Å². The summed E-state index contributed by atoms with van der Waals surface area (Å²) < 4.78 is 5.41. The third kappa shape index (κ3) is 6.64. The molecule has 29 heavy (non-hydrogen) atoms. The second kappa shape index (κ2) is 11.4. The molecule has 1 aromatic carbocycles. The standard InChI is InChI=1S/C21H28ClN5O.HI/c1-15-5-4-6-20(25-15)27-11-9-18(10-12-27)26-21(23-2)24-14-16-7-8-17(22)13-19(16)28-3;/h4-8,13,18H,9-12,14H2,1-3H3,(H2,23,24,26);1H. The zero-order valence-corrected chi connectivity index (χ0v) is 20.2. The number of guanidine groups is 1. The first-order valence-corrected chi connectivity index (χ1v) is 9.95. The highest BCUT2D eigenvalue weighted by atomic mass is 127. The van der Waals surface area contributed by atoms with Crippen molar-refractivity contribution >= 4 is 47.4 Å². The number of nitrogens with one attached hydrogen (secondary N) is 2. The van der Waals surface area contributed by atoms with Crippen molar-refractivity contribution < 1.29 is 4.74 Å². The van der Waals surface area contributed by atoms with Gasteiger partial charge in [-0.25, -0.2) is 4.98 Å². The van der Waals surface area contributed by atoms with E-state index in [1.807, 2.05) is 31.2 Å². The summed E-state index contributed by atoms with van der Waals surface area (Å²) in [5.74, 6) is 2.63. The van der Waals surface area contributed by atoms with Crippen LogP contribution in [-0.4, -0.2) is 44.2 Å². The van der Waals surface area contributed by atoms with E-state index in [-0.39, 0.29) is 24.0 Å². The fourth-order valence-electron chi connectivity index (χ4n) is 3.39. The largest absolute Gasteiger partial charge is 0.496 e. The van der Waals surface area contributed by atoms with Crippen molar-refractivity contribution in [1.29, 1.82) is 0 Å². The van der Waals surface area contributed by atoms with Gasteiger partial charge in [-0.05, 0) is 44.0 Å². The molecule has 2 N–H and O–H groups in total. The summed E-state index contributed by atoms with van der Waals surface area (Å²) in [5.41, 5.74) is 2.09. The number of ether oxygens (including phenoxy) is 1. The molecule has 0 spiro atoms. The van der Waals surface area contributed by atoms with Crippen molar-refractivity contribution in [2.24, 2.45) is 4.99 Å². The zero-order chi connectivity index (χ0) is 19.9. The molecule has 0 amide bonds. The summed E-state index contributed by atoms with van der Waals surface area (Å²) in [6.45, 7) is 4.61. The predicted octanol–water partition coefficient (Wildman–Crippen LogP) is 4.00. The lowest BCUT2D eigenvalue weighted by Gasteiger charge is -2.34. The van der Waals surface area contributed by atoms with Crippen LogP contribution >= 0.6 is 35.6 Å². The first-order valence-electron chi connectivity index (χ1n) is 9.57. The number of aromatic nitrogens is 1. The Hall–Kier alpha value is -1.74. The van der Waals surface area contributed by atoms with Gasteiger partial charge in [0.25, 0.3) is 0 Å². The number of anilines is 1. The molecule has 1 aliphatic rings. The molecule has 0 radical (unpaired) electrons. The number of aryl methyl sites for hydroxylation is 1. The van der Waals surface area contributed by atoms with Gasteiger partial charge in [0.05, 0.1) is 7.11 Å². The van der Waals surface area contributed by atoms with E-state index < -0.39 is 0 Å². The van der Waals surface area contributed by atoms with Crippen LogP contribution in [0.15, 0.2) is 41.4 Å². The molecule has 0 saturated carbocycles. The van der Waals surface area contributed by atoms with E-state index >= 15 is 0 Å². The van der Waals surface area contributed by atoms with Crippen molar-refractivity contribution in [3.63, 3.8) is 0 Å². The molecule has 8 heteroatoms. The molecule has 158 valence electrons. The minimum Gasteiger partial charge on any atom is -0.496 e. The maximum absolute atomic E-state index is 6.03. The normalized spacial score (nSPS) is 14.9. The molecule has 1 fully saturated rings. The average Bonchev–Trinajstić information content (AvgIpc) is 2.72. The lowest BCUT2D eigenvalue weighted by molar-refractivity contribution is 0.409. The van der Waals surface area contributed by atoms with E-state index in [1.54, 1.807) is 14.2 Å². The number of rotatable bonds is 5. The molecule has 0 bridgehead atoms. The van der Waals surface area contributed by atoms with E-state index in [0.29, 0.717) is 17.6 Å². The van der Waals surface area contributed by atoms with Crippen LogP contribution in [0.2, 0.25) is 5.02 Å². The summed E-state index contributed by atoms with van der Waals surface area (Å²) in [5, 5.41) is 7.57. The molecular formula is C21H29ClIN5O. The lowest BCUT2D eigenvalue weighted by atomic mass is 10.1. The Bertz CT molecular complexity index is 824. The Morgan fingerprint density at radius 3 is 2.69 bits per heavy atom. The van der Waals surface area contributed by atoms with E-state index in [1.165, 1.54) is 0 Å². The van der Waals surface area contributed by atoms with E-state index in [2.05, 4.69) is 37.6 Å². The van der Waals surface area contributed by atoms with Gasteiger partial charge < -0.3 is 20.3 Å². The molecule has 2 aromatic rings. The van der Waals surface area contributed by atoms with E-state index in [9.17, 15) is 0 Å². The summed E-state index contributed by atoms with van der Waals surface area (Å²) >= 11 is 6.03. The molecule has 1 aromatic heterocycles. The van der Waals surface area contributed by atoms with Gasteiger partial charge >= 0.3 is 0 Å². The number of piperidine rings is 1. The second-order valence-electron chi connectivity index (χ2n) is 6.92. The SMILES string of the molecule is CN=C(NCc1ccc(Cl)cc1OC)NC1CCN(c2cccc(C)n2)CC1.I. The van der Waals surface area contributed by atoms with Gasteiger partial charge in [0.2, 0.25) is 0 Å². The third-order valence-corrected chi connectivity index (χ3v) is 5.19. The number of pyridine rings is 1. The number of nitrogens with zero attached hydrogens (tertiary/aromatic N) is 3. The Morgan fingerprint density at radius 2 is 2.03 bits per heavy atom. The van der Waals surface area contributed by atoms with Crippen molar-refractivity contribution in [1.82, 2.24) is 15.6 Å². The van der Waals surface area contributed by atoms with Crippen LogP contribution in [0.5, 0.6) is 5.75 Å². The molecule has 1 aliphatic heterocycles. The number of halogens is 2. The number of benzene rings is 1. The van der Waals surface area contributed by atoms with Crippen LogP contribution < -0.4 is 20.3 Å². The number of methoxy groups -OCH3 is 1. The molecule has 3 rings (SSSR count). The molecule has 0 unspecified atom stereocenters. The topological polar surface area (TPSA) is 61.8 Å². The number of aliphatic imine (C=N–C) groups is 1. The predicted molar refractivity (Wildman–Crippen MR) is 131 cm³/mol. The van der Waals surface area contributed by atoms with Gasteiger partial charge in [0, 0.05) is 49.0 Å². The molecular weight excluding hydrogens is 501 g/mol. The Balaban J connectivity index is 0.00000300. The highest BCUT2D eigenvalue weighted by Crippen LogP contribution is 2.23. The highest BCUT2D eigenvalue weighted by molar-refractivity contribution is 14.0. The zero-order valence-electron chi connectivity index (χ0n) is 17.1. The minimum absolute atomic E-state index is 0. The van der Waals surface area contributed by atoms with Gasteiger partial charge in [0.1, 0.15) is 11.6 Å². The highest BCUT2D eigenvalue weighted by Gasteiger charge is 2.21. The van der Waals surface area contributed by atoms with Crippen molar-refractivity contribution in [2.45, 2.75) is 32.4 Å². The minimum atomic E-state index is 0. The van der Waals surface area contributed by atoms with E-state index in [0.717, 1.165) is 54.7 Å². The van der Waals surface area contributed by atoms with Crippen LogP contribution in [0.4, 0.5) is 5.82 Å². The third-order valence-electron chi connectivity index (χ3n) is 4.95. The molecule has 6 nitrogen and oxygen atoms in total.